The van der Waals surface area contributed by atoms with Crippen LogP contribution in [-0.4, -0.2) is 61.4 Å². The second-order valence-corrected chi connectivity index (χ2v) is 12.3. The first-order valence-corrected chi connectivity index (χ1v) is 14.4. The van der Waals surface area contributed by atoms with Gasteiger partial charge in [-0.15, -0.1) is 0 Å². The molecule has 1 aliphatic heterocycles. The van der Waals surface area contributed by atoms with E-state index < -0.39 is 0 Å². The van der Waals surface area contributed by atoms with E-state index in [2.05, 4.69) is 62.9 Å². The maximum atomic E-state index is 12.3. The van der Waals surface area contributed by atoms with Crippen molar-refractivity contribution in [1.29, 1.82) is 0 Å². The molecular formula is C30H37N7O2. The third kappa shape index (κ3) is 4.46. The van der Waals surface area contributed by atoms with Crippen molar-refractivity contribution in [3.05, 3.63) is 64.7 Å². The number of imidazole rings is 1. The number of benzene rings is 1. The summed E-state index contributed by atoms with van der Waals surface area (Å²) in [5, 5.41) is 3.43. The van der Waals surface area contributed by atoms with Gasteiger partial charge in [-0.3, -0.25) is 14.3 Å². The molecule has 2 aromatic heterocycles. The zero-order valence-corrected chi connectivity index (χ0v) is 22.6. The molecule has 9 nitrogen and oxygen atoms in total. The highest BCUT2D eigenvalue weighted by Crippen LogP contribution is 2.68. The number of carbonyl (C=O) groups is 1. The smallest absolute Gasteiger partial charge is 0.327 e. The Balaban J connectivity index is 1.07. The second kappa shape index (κ2) is 9.33. The topological polar surface area (TPSA) is 99.2 Å². The molecular weight excluding hydrogens is 490 g/mol. The summed E-state index contributed by atoms with van der Waals surface area (Å²) in [5.74, 6) is 1.53. The van der Waals surface area contributed by atoms with E-state index in [1.807, 2.05) is 4.90 Å². The summed E-state index contributed by atoms with van der Waals surface area (Å²) < 4.78 is 1.76. The van der Waals surface area contributed by atoms with Gasteiger partial charge in [0.15, 0.2) is 5.65 Å². The summed E-state index contributed by atoms with van der Waals surface area (Å²) in [6.45, 7) is 9.08. The van der Waals surface area contributed by atoms with Gasteiger partial charge >= 0.3 is 5.69 Å². The van der Waals surface area contributed by atoms with Crippen LogP contribution in [0.15, 0.2) is 47.9 Å². The quantitative estimate of drug-likeness (QED) is 0.405. The van der Waals surface area contributed by atoms with Crippen molar-refractivity contribution in [3.8, 4) is 0 Å². The van der Waals surface area contributed by atoms with E-state index in [1.165, 1.54) is 42.9 Å². The number of nitrogens with one attached hydrogen (secondary N) is 2. The molecule has 2 bridgehead atoms. The fourth-order valence-electron chi connectivity index (χ4n) is 7.10. The summed E-state index contributed by atoms with van der Waals surface area (Å²) in [6.07, 6.45) is 10.5. The van der Waals surface area contributed by atoms with Gasteiger partial charge in [0.2, 0.25) is 11.9 Å². The van der Waals surface area contributed by atoms with E-state index in [-0.39, 0.29) is 23.7 Å². The van der Waals surface area contributed by atoms with E-state index in [4.69, 9.17) is 0 Å². The predicted octanol–water partition coefficient (Wildman–Crippen LogP) is 4.19. The molecule has 9 heteroatoms. The molecule has 204 valence electrons. The zero-order chi connectivity index (χ0) is 26.7. The third-order valence-electron chi connectivity index (χ3n) is 9.57. The normalized spacial score (nSPS) is 26.0. The highest BCUT2D eigenvalue weighted by atomic mass is 16.2. The van der Waals surface area contributed by atoms with Crippen LogP contribution in [0.4, 0.5) is 5.95 Å². The number of H-pyrrole nitrogens is 1. The molecule has 3 aromatic rings. The Labute approximate surface area is 228 Å². The number of hydrogen-bond donors (Lipinski definition) is 2. The maximum Gasteiger partial charge on any atom is 0.327 e. The van der Waals surface area contributed by atoms with Crippen LogP contribution in [0.3, 0.4) is 0 Å². The van der Waals surface area contributed by atoms with Gasteiger partial charge in [-0.25, -0.2) is 9.78 Å². The molecule has 3 heterocycles. The Morgan fingerprint density at radius 1 is 1.15 bits per heavy atom. The van der Waals surface area contributed by atoms with Gasteiger partial charge in [0.1, 0.15) is 5.52 Å². The average Bonchev–Trinajstić information content (AvgIpc) is 3.68. The Morgan fingerprint density at radius 3 is 2.46 bits per heavy atom. The molecule has 1 saturated heterocycles. The lowest BCUT2D eigenvalue weighted by Gasteiger charge is -2.64. The van der Waals surface area contributed by atoms with E-state index >= 15 is 0 Å². The van der Waals surface area contributed by atoms with Gasteiger partial charge < -0.3 is 15.2 Å². The van der Waals surface area contributed by atoms with Gasteiger partial charge in [0, 0.05) is 38.3 Å². The number of fused-ring (bicyclic) bond motifs is 1. The minimum Gasteiger partial charge on any atom is -0.348 e. The monoisotopic (exact) mass is 527 g/mol. The Morgan fingerprint density at radius 2 is 1.85 bits per heavy atom. The summed E-state index contributed by atoms with van der Waals surface area (Å²) in [5.41, 5.74) is 4.31. The summed E-state index contributed by atoms with van der Waals surface area (Å²) in [4.78, 5) is 41.0. The van der Waals surface area contributed by atoms with Crippen LogP contribution in [0.2, 0.25) is 0 Å². The van der Waals surface area contributed by atoms with Crippen LogP contribution in [0, 0.1) is 11.3 Å². The lowest BCUT2D eigenvalue weighted by molar-refractivity contribution is -0.134. The molecule has 1 aromatic carbocycles. The van der Waals surface area contributed by atoms with Crippen molar-refractivity contribution in [1.82, 2.24) is 29.3 Å². The second-order valence-electron chi connectivity index (χ2n) is 12.3. The summed E-state index contributed by atoms with van der Waals surface area (Å²) in [6, 6.07) is 9.65. The van der Waals surface area contributed by atoms with Crippen molar-refractivity contribution in [2.45, 2.75) is 63.6 Å². The molecule has 5 aliphatic rings. The molecule has 4 aliphatic carbocycles. The summed E-state index contributed by atoms with van der Waals surface area (Å²) in [7, 11) is 0. The molecule has 8 rings (SSSR count). The molecule has 2 atom stereocenters. The highest BCUT2D eigenvalue weighted by Gasteiger charge is 2.57. The molecule has 0 unspecified atom stereocenters. The lowest BCUT2D eigenvalue weighted by Crippen LogP contribution is -2.55. The van der Waals surface area contributed by atoms with Gasteiger partial charge in [-0.2, -0.15) is 4.98 Å². The first kappa shape index (κ1) is 24.6. The Hall–Kier alpha value is -3.46. The SMILES string of the molecule is C=CC(=O)N1CCN([C@@H](CC23CC(C2)C3)c2ccc([C@H](C)Nc3ncc4[nH]c(=O)n(C5CC5)c4n3)cc2)CC1. The lowest BCUT2D eigenvalue weighted by atomic mass is 9.42. The summed E-state index contributed by atoms with van der Waals surface area (Å²) >= 11 is 0. The average molecular weight is 528 g/mol. The maximum absolute atomic E-state index is 12.3. The molecule has 0 radical (unpaired) electrons. The van der Waals surface area contributed by atoms with Gasteiger partial charge in [-0.05, 0) is 74.0 Å². The van der Waals surface area contributed by atoms with Crippen LogP contribution < -0.4 is 11.0 Å². The van der Waals surface area contributed by atoms with E-state index in [1.54, 1.807) is 10.8 Å². The largest absolute Gasteiger partial charge is 0.348 e. The van der Waals surface area contributed by atoms with E-state index in [0.29, 0.717) is 28.6 Å². The number of aromatic amines is 1. The van der Waals surface area contributed by atoms with Gasteiger partial charge in [0.05, 0.1) is 12.2 Å². The highest BCUT2D eigenvalue weighted by molar-refractivity contribution is 5.87. The number of nitrogens with zero attached hydrogens (tertiary/aromatic N) is 5. The Kier molecular flexibility index (Phi) is 5.88. The fraction of sp³-hybridized carbons (Fsp3) is 0.533. The first-order chi connectivity index (χ1) is 18.9. The zero-order valence-electron chi connectivity index (χ0n) is 22.6. The molecule has 2 N–H and O–H groups in total. The van der Waals surface area contributed by atoms with Crippen molar-refractivity contribution >= 4 is 23.0 Å². The molecule has 1 amide bonds. The van der Waals surface area contributed by atoms with Crippen LogP contribution in [0.1, 0.15) is 74.7 Å². The van der Waals surface area contributed by atoms with Crippen molar-refractivity contribution in [3.63, 3.8) is 0 Å². The predicted molar refractivity (Wildman–Crippen MR) is 150 cm³/mol. The van der Waals surface area contributed by atoms with Crippen LogP contribution in [-0.2, 0) is 4.79 Å². The van der Waals surface area contributed by atoms with Crippen molar-refractivity contribution < 1.29 is 4.79 Å². The Bertz CT molecular complexity index is 1450. The van der Waals surface area contributed by atoms with Crippen molar-refractivity contribution in [2.75, 3.05) is 31.5 Å². The number of carbonyl (C=O) groups excluding carboxylic acids is 1. The molecule has 39 heavy (non-hydrogen) atoms. The minimum atomic E-state index is -0.107. The number of rotatable bonds is 9. The number of hydrogen-bond acceptors (Lipinski definition) is 6. The number of amides is 1. The van der Waals surface area contributed by atoms with Gasteiger partial charge in [0.25, 0.3) is 0 Å². The van der Waals surface area contributed by atoms with E-state index in [0.717, 1.165) is 44.9 Å². The first-order valence-electron chi connectivity index (χ1n) is 14.4. The molecule has 5 fully saturated rings. The van der Waals surface area contributed by atoms with Gasteiger partial charge in [-0.1, -0.05) is 30.8 Å². The van der Waals surface area contributed by atoms with Crippen LogP contribution in [0.5, 0.6) is 0 Å². The van der Waals surface area contributed by atoms with Crippen molar-refractivity contribution in [2.24, 2.45) is 11.3 Å². The number of piperazine rings is 1. The van der Waals surface area contributed by atoms with E-state index in [9.17, 15) is 9.59 Å². The third-order valence-corrected chi connectivity index (χ3v) is 9.57. The minimum absolute atomic E-state index is 0.0149. The standard InChI is InChI=1S/C30H37N7O2/c1-3-26(38)36-12-10-35(11-13-36)25(17-30-14-20(15-30)16-30)22-6-4-21(5-7-22)19(2)32-28-31-18-24-27(34-28)37(23-8-9-23)29(39)33-24/h3-7,18-20,23,25H,1,8-17H2,2H3,(H,33,39)(H,31,32,34)/t19-,20?,25-,30?/m0/s1. The van der Waals surface area contributed by atoms with Crippen LogP contribution in [0.25, 0.3) is 11.2 Å². The molecule has 0 spiro atoms. The van der Waals surface area contributed by atoms with Crippen LogP contribution >= 0.6 is 0 Å². The molecule has 4 saturated carbocycles. The number of aromatic nitrogens is 4. The fourth-order valence-corrected chi connectivity index (χ4v) is 7.10. The number of anilines is 1.